The predicted octanol–water partition coefficient (Wildman–Crippen LogP) is 2.76. The summed E-state index contributed by atoms with van der Waals surface area (Å²) >= 11 is 2.26. The van der Waals surface area contributed by atoms with Crippen molar-refractivity contribution in [3.05, 3.63) is 49.7 Å². The van der Waals surface area contributed by atoms with Gasteiger partial charge in [0.25, 0.3) is 0 Å². The molecule has 0 radical (unpaired) electrons. The lowest BCUT2D eigenvalue weighted by Crippen LogP contribution is -2.30. The van der Waals surface area contributed by atoms with Crippen molar-refractivity contribution in [2.45, 2.75) is 25.7 Å². The summed E-state index contributed by atoms with van der Waals surface area (Å²) in [5.74, 6) is -0.185. The number of rotatable bonds is 5. The van der Waals surface area contributed by atoms with Crippen molar-refractivity contribution >= 4 is 28.4 Å². The zero-order valence-electron chi connectivity index (χ0n) is 11.6. The molecule has 1 aromatic heterocycles. The van der Waals surface area contributed by atoms with Gasteiger partial charge in [-0.25, -0.2) is 0 Å². The van der Waals surface area contributed by atoms with E-state index in [4.69, 9.17) is 9.47 Å². The largest absolute Gasteiger partial charge is 0.440 e. The summed E-state index contributed by atoms with van der Waals surface area (Å²) in [6.45, 7) is 1.60. The molecular weight excluding hydrogens is 401 g/mol. The number of nitro groups is 1. The molecule has 7 nitrogen and oxygen atoms in total. The van der Waals surface area contributed by atoms with Crippen molar-refractivity contribution in [1.29, 1.82) is 0 Å². The molecule has 0 amide bonds. The molecule has 1 atom stereocenters. The minimum Gasteiger partial charge on any atom is -0.440 e. The van der Waals surface area contributed by atoms with Crippen molar-refractivity contribution in [2.75, 3.05) is 6.61 Å². The first-order valence-corrected chi connectivity index (χ1v) is 7.90. The molecule has 1 aromatic carbocycles. The highest BCUT2D eigenvalue weighted by Gasteiger charge is 2.28. The molecule has 1 unspecified atom stereocenters. The zero-order chi connectivity index (χ0) is 15.5. The summed E-state index contributed by atoms with van der Waals surface area (Å²) in [6, 6.07) is 8.40. The second-order valence-corrected chi connectivity index (χ2v) is 6.25. The smallest absolute Gasteiger partial charge is 0.414 e. The molecule has 0 fully saturated rings. The molecule has 1 aliphatic heterocycles. The van der Waals surface area contributed by atoms with E-state index in [1.165, 1.54) is 9.77 Å². The van der Waals surface area contributed by atoms with Crippen molar-refractivity contribution in [3.63, 3.8) is 0 Å². The standard InChI is InChI=1S/C14H14IN3O4/c15-11-3-1-2-10(6-11)8-21-9-12-4-5-17-7-13(18(19)20)16-14(17)22-12/h1-3,6-7,12H,4-5,8-9H2. The van der Waals surface area contributed by atoms with Gasteiger partial charge in [0, 0.05) is 21.5 Å². The van der Waals surface area contributed by atoms with Crippen LogP contribution < -0.4 is 4.74 Å². The summed E-state index contributed by atoms with van der Waals surface area (Å²) in [6.07, 6.45) is 2.02. The Morgan fingerprint density at radius 1 is 1.55 bits per heavy atom. The van der Waals surface area contributed by atoms with Crippen LogP contribution in [0.15, 0.2) is 30.5 Å². The fraction of sp³-hybridized carbons (Fsp3) is 0.357. The highest BCUT2D eigenvalue weighted by Crippen LogP contribution is 2.24. The molecule has 8 heteroatoms. The average molecular weight is 415 g/mol. The number of aryl methyl sites for hydroxylation is 1. The monoisotopic (exact) mass is 415 g/mol. The highest BCUT2D eigenvalue weighted by atomic mass is 127. The molecule has 2 aromatic rings. The first kappa shape index (κ1) is 15.2. The van der Waals surface area contributed by atoms with E-state index >= 15 is 0 Å². The molecule has 1 aliphatic rings. The summed E-state index contributed by atoms with van der Waals surface area (Å²) < 4.78 is 14.2. The summed E-state index contributed by atoms with van der Waals surface area (Å²) in [5.41, 5.74) is 1.11. The lowest BCUT2D eigenvalue weighted by molar-refractivity contribution is -0.389. The van der Waals surface area contributed by atoms with Gasteiger partial charge in [0.2, 0.25) is 0 Å². The minimum absolute atomic E-state index is 0.128. The van der Waals surface area contributed by atoms with Crippen LogP contribution in [0.4, 0.5) is 5.82 Å². The quantitative estimate of drug-likeness (QED) is 0.426. The van der Waals surface area contributed by atoms with Gasteiger partial charge in [0.1, 0.15) is 12.3 Å². The van der Waals surface area contributed by atoms with Crippen LogP contribution in [0.25, 0.3) is 0 Å². The molecule has 0 saturated carbocycles. The molecule has 0 spiro atoms. The van der Waals surface area contributed by atoms with Crippen molar-refractivity contribution in [2.24, 2.45) is 0 Å². The predicted molar refractivity (Wildman–Crippen MR) is 86.7 cm³/mol. The van der Waals surface area contributed by atoms with E-state index in [0.717, 1.165) is 12.0 Å². The average Bonchev–Trinajstić information content (AvgIpc) is 2.91. The number of benzene rings is 1. The third kappa shape index (κ3) is 3.55. The first-order chi connectivity index (χ1) is 10.6. The number of hydrogen-bond donors (Lipinski definition) is 0. The van der Waals surface area contributed by atoms with Crippen LogP contribution in [0.2, 0.25) is 0 Å². The molecule has 0 N–H and O–H groups in total. The van der Waals surface area contributed by atoms with E-state index in [1.807, 2.05) is 18.2 Å². The van der Waals surface area contributed by atoms with E-state index in [0.29, 0.717) is 25.8 Å². The number of aromatic nitrogens is 2. The van der Waals surface area contributed by atoms with Crippen molar-refractivity contribution < 1.29 is 14.4 Å². The Labute approximate surface area is 140 Å². The van der Waals surface area contributed by atoms with Crippen molar-refractivity contribution in [1.82, 2.24) is 9.55 Å². The van der Waals surface area contributed by atoms with E-state index in [-0.39, 0.29) is 11.9 Å². The molecule has 116 valence electrons. The van der Waals surface area contributed by atoms with Crippen LogP contribution in [-0.2, 0) is 17.9 Å². The molecule has 0 saturated heterocycles. The molecular formula is C14H14IN3O4. The number of ether oxygens (including phenoxy) is 2. The highest BCUT2D eigenvalue weighted by molar-refractivity contribution is 14.1. The van der Waals surface area contributed by atoms with Gasteiger partial charge in [0.15, 0.2) is 0 Å². The molecule has 22 heavy (non-hydrogen) atoms. The van der Waals surface area contributed by atoms with Gasteiger partial charge in [-0.05, 0) is 45.2 Å². The minimum atomic E-state index is -0.517. The third-order valence-electron chi connectivity index (χ3n) is 3.34. The van der Waals surface area contributed by atoms with Gasteiger partial charge >= 0.3 is 11.8 Å². The van der Waals surface area contributed by atoms with E-state index in [9.17, 15) is 10.1 Å². The Morgan fingerprint density at radius 3 is 3.18 bits per heavy atom. The lowest BCUT2D eigenvalue weighted by Gasteiger charge is -2.21. The second-order valence-electron chi connectivity index (χ2n) is 5.01. The van der Waals surface area contributed by atoms with Crippen LogP contribution in [-0.4, -0.2) is 27.2 Å². The Bertz CT molecular complexity index is 688. The molecule has 0 bridgehead atoms. The maximum atomic E-state index is 10.7. The zero-order valence-corrected chi connectivity index (χ0v) is 13.8. The number of halogens is 1. The van der Waals surface area contributed by atoms with Crippen LogP contribution in [0.5, 0.6) is 6.01 Å². The van der Waals surface area contributed by atoms with E-state index in [1.54, 1.807) is 4.57 Å². The fourth-order valence-electron chi connectivity index (χ4n) is 2.27. The van der Waals surface area contributed by atoms with Crippen LogP contribution in [0.1, 0.15) is 12.0 Å². The molecule has 3 rings (SSSR count). The number of hydrogen-bond acceptors (Lipinski definition) is 5. The van der Waals surface area contributed by atoms with Crippen LogP contribution >= 0.6 is 22.6 Å². The normalized spacial score (nSPS) is 16.9. The van der Waals surface area contributed by atoms with Gasteiger partial charge < -0.3 is 19.6 Å². The Morgan fingerprint density at radius 2 is 2.41 bits per heavy atom. The molecule has 0 aliphatic carbocycles. The van der Waals surface area contributed by atoms with Gasteiger partial charge in [-0.15, -0.1) is 0 Å². The number of imidazole rings is 1. The Kier molecular flexibility index (Phi) is 4.57. The van der Waals surface area contributed by atoms with Crippen LogP contribution in [0.3, 0.4) is 0 Å². The second kappa shape index (κ2) is 6.61. The van der Waals surface area contributed by atoms with Crippen LogP contribution in [0, 0.1) is 13.7 Å². The first-order valence-electron chi connectivity index (χ1n) is 6.82. The molecule has 2 heterocycles. The topological polar surface area (TPSA) is 79.4 Å². The SMILES string of the molecule is O=[N+]([O-])c1cn2c(n1)OC(COCc1cccc(I)c1)CC2. The van der Waals surface area contributed by atoms with Gasteiger partial charge in [-0.3, -0.25) is 4.57 Å². The van der Waals surface area contributed by atoms with Crippen molar-refractivity contribution in [3.8, 4) is 6.01 Å². The maximum Gasteiger partial charge on any atom is 0.414 e. The summed E-state index contributed by atoms with van der Waals surface area (Å²) in [5, 5.41) is 10.7. The number of nitrogens with zero attached hydrogens (tertiary/aromatic N) is 3. The van der Waals surface area contributed by atoms with Gasteiger partial charge in [-0.1, -0.05) is 12.1 Å². The van der Waals surface area contributed by atoms with Gasteiger partial charge in [-0.2, -0.15) is 0 Å². The van der Waals surface area contributed by atoms with E-state index < -0.39 is 4.92 Å². The van der Waals surface area contributed by atoms with Gasteiger partial charge in [0.05, 0.1) is 13.2 Å². The fourth-order valence-corrected chi connectivity index (χ4v) is 2.88. The lowest BCUT2D eigenvalue weighted by atomic mass is 10.2. The Balaban J connectivity index is 1.53. The summed E-state index contributed by atoms with van der Waals surface area (Å²) in [7, 11) is 0. The Hall–Kier alpha value is -1.68. The summed E-state index contributed by atoms with van der Waals surface area (Å²) in [4.78, 5) is 14.1. The third-order valence-corrected chi connectivity index (χ3v) is 4.01. The van der Waals surface area contributed by atoms with E-state index in [2.05, 4.69) is 33.6 Å². The number of fused-ring (bicyclic) bond motifs is 1. The maximum absolute atomic E-state index is 10.7.